The van der Waals surface area contributed by atoms with Gasteiger partial charge in [0, 0.05) is 33.1 Å². The summed E-state index contributed by atoms with van der Waals surface area (Å²) in [5, 5.41) is 7.32. The van der Waals surface area contributed by atoms with E-state index in [0.29, 0.717) is 5.44 Å². The molecule has 0 aliphatic heterocycles. The van der Waals surface area contributed by atoms with Crippen molar-refractivity contribution in [3.05, 3.63) is 182 Å². The van der Waals surface area contributed by atoms with Crippen molar-refractivity contribution in [2.75, 3.05) is 0 Å². The fourth-order valence-corrected chi connectivity index (χ4v) is 10.1. The average Bonchev–Trinajstić information content (AvgIpc) is 3.60. The minimum absolute atomic E-state index is 0.571. The van der Waals surface area contributed by atoms with Crippen LogP contribution in [0.25, 0.3) is 71.4 Å². The number of nitrogens with zero attached hydrogens (tertiary/aromatic N) is 3. The normalized spacial score (nSPS) is 12.0. The number of benzene rings is 7. The standard InChI is InChI=1S/C46H30N3OP/c50-51(36-15-6-2-7-16-36,37-17-8-3-9-18-37)44-27-23-35(30-47-44)33-22-26-42-40(28-33)39-24-20-32-14-10-11-19-38(32)45(39)46-48-41-25-21-34(29-43(41)49(42)46)31-12-4-1-5-13-31/h1-30H. The molecular weight excluding hydrogens is 642 g/mol. The van der Waals surface area contributed by atoms with Gasteiger partial charge in [-0.1, -0.05) is 146 Å². The third-order valence-corrected chi connectivity index (χ3v) is 13.0. The molecule has 0 fully saturated rings. The second kappa shape index (κ2) is 11.6. The van der Waals surface area contributed by atoms with Crippen molar-refractivity contribution >= 4 is 72.3 Å². The molecule has 10 aromatic rings. The molecular formula is C46H30N3OP. The van der Waals surface area contributed by atoms with E-state index in [1.165, 1.54) is 16.3 Å². The van der Waals surface area contributed by atoms with Crippen molar-refractivity contribution in [3.8, 4) is 22.3 Å². The molecule has 10 rings (SSSR count). The summed E-state index contributed by atoms with van der Waals surface area (Å²) in [6.45, 7) is 0. The summed E-state index contributed by atoms with van der Waals surface area (Å²) in [6.07, 6.45) is 1.86. The highest BCUT2D eigenvalue weighted by Crippen LogP contribution is 2.42. The first kappa shape index (κ1) is 29.6. The summed E-state index contributed by atoms with van der Waals surface area (Å²) >= 11 is 0. The highest BCUT2D eigenvalue weighted by atomic mass is 31.2. The number of fused-ring (bicyclic) bond motifs is 10. The van der Waals surface area contributed by atoms with Crippen molar-refractivity contribution in [3.63, 3.8) is 0 Å². The molecule has 0 aliphatic rings. The van der Waals surface area contributed by atoms with Gasteiger partial charge in [0.2, 0.25) is 0 Å². The lowest BCUT2D eigenvalue weighted by atomic mass is 9.97. The van der Waals surface area contributed by atoms with Gasteiger partial charge in [0.25, 0.3) is 0 Å². The van der Waals surface area contributed by atoms with E-state index in [0.717, 1.165) is 65.7 Å². The second-order valence-electron chi connectivity index (χ2n) is 13.0. The minimum atomic E-state index is -3.17. The number of hydrogen-bond donors (Lipinski definition) is 0. The molecule has 0 aliphatic carbocycles. The lowest BCUT2D eigenvalue weighted by Crippen LogP contribution is -2.26. The van der Waals surface area contributed by atoms with Crippen LogP contribution in [0, 0.1) is 0 Å². The molecule has 4 nitrogen and oxygen atoms in total. The zero-order valence-electron chi connectivity index (χ0n) is 27.5. The summed E-state index contributed by atoms with van der Waals surface area (Å²) in [5.74, 6) is 0. The van der Waals surface area contributed by atoms with Crippen LogP contribution in [0.2, 0.25) is 0 Å². The first-order valence-electron chi connectivity index (χ1n) is 17.1. The Labute approximate surface area is 294 Å². The SMILES string of the molecule is O=P(c1ccccc1)(c1ccccc1)c1ccc(-c2ccc3c(c2)c2ccc4ccccc4c2c2nc4ccc(-c5ccccc5)cc4n32)cn1. The van der Waals surface area contributed by atoms with E-state index in [2.05, 4.69) is 108 Å². The van der Waals surface area contributed by atoms with Gasteiger partial charge in [0.1, 0.15) is 11.1 Å². The maximum atomic E-state index is 14.9. The molecule has 0 atom stereocenters. The number of aromatic nitrogens is 3. The first-order valence-corrected chi connectivity index (χ1v) is 18.8. The molecule has 3 heterocycles. The van der Waals surface area contributed by atoms with Gasteiger partial charge in [0.15, 0.2) is 7.14 Å². The highest BCUT2D eigenvalue weighted by molar-refractivity contribution is 7.85. The summed E-state index contributed by atoms with van der Waals surface area (Å²) in [5.41, 5.74) is 8.97. The zero-order chi connectivity index (χ0) is 33.9. The molecule has 51 heavy (non-hydrogen) atoms. The largest absolute Gasteiger partial charge is 0.307 e. The Hall–Kier alpha value is -6.35. The summed E-state index contributed by atoms with van der Waals surface area (Å²) in [7, 11) is -3.17. The van der Waals surface area contributed by atoms with E-state index < -0.39 is 7.14 Å². The quantitative estimate of drug-likeness (QED) is 0.135. The lowest BCUT2D eigenvalue weighted by molar-refractivity contribution is 0.592. The molecule has 0 radical (unpaired) electrons. The van der Waals surface area contributed by atoms with Gasteiger partial charge in [-0.25, -0.2) is 4.98 Å². The van der Waals surface area contributed by atoms with E-state index >= 15 is 0 Å². The van der Waals surface area contributed by atoms with Gasteiger partial charge in [-0.05, 0) is 63.2 Å². The van der Waals surface area contributed by atoms with Gasteiger partial charge >= 0.3 is 0 Å². The van der Waals surface area contributed by atoms with Crippen molar-refractivity contribution in [1.82, 2.24) is 14.4 Å². The monoisotopic (exact) mass is 671 g/mol. The van der Waals surface area contributed by atoms with E-state index in [-0.39, 0.29) is 0 Å². The first-order chi connectivity index (χ1) is 25.2. The predicted octanol–water partition coefficient (Wildman–Crippen LogP) is 10.3. The van der Waals surface area contributed by atoms with E-state index in [4.69, 9.17) is 9.97 Å². The topological polar surface area (TPSA) is 47.3 Å². The third kappa shape index (κ3) is 4.65. The summed E-state index contributed by atoms with van der Waals surface area (Å²) in [6, 6.07) is 60.0. The number of pyridine rings is 2. The molecule has 240 valence electrons. The van der Waals surface area contributed by atoms with Crippen LogP contribution in [0.3, 0.4) is 0 Å². The van der Waals surface area contributed by atoms with Crippen LogP contribution in [0.5, 0.6) is 0 Å². The zero-order valence-corrected chi connectivity index (χ0v) is 28.4. The van der Waals surface area contributed by atoms with Crippen LogP contribution >= 0.6 is 7.14 Å². The molecule has 0 unspecified atom stereocenters. The van der Waals surface area contributed by atoms with Gasteiger partial charge < -0.3 is 4.57 Å². The van der Waals surface area contributed by atoms with Crippen molar-refractivity contribution in [2.24, 2.45) is 0 Å². The molecule has 5 heteroatoms. The minimum Gasteiger partial charge on any atom is -0.307 e. The fourth-order valence-electron chi connectivity index (χ4n) is 7.59. The predicted molar refractivity (Wildman–Crippen MR) is 213 cm³/mol. The third-order valence-electron chi connectivity index (χ3n) is 10.1. The molecule has 0 amide bonds. The van der Waals surface area contributed by atoms with E-state index in [1.54, 1.807) is 0 Å². The van der Waals surface area contributed by atoms with Gasteiger partial charge in [-0.2, -0.15) is 0 Å². The Balaban J connectivity index is 1.19. The van der Waals surface area contributed by atoms with Gasteiger partial charge in [0.05, 0.1) is 16.6 Å². The van der Waals surface area contributed by atoms with Crippen LogP contribution in [-0.4, -0.2) is 14.4 Å². The number of hydrogen-bond acceptors (Lipinski definition) is 3. The second-order valence-corrected chi connectivity index (χ2v) is 15.7. The molecule has 0 bridgehead atoms. The van der Waals surface area contributed by atoms with Crippen molar-refractivity contribution in [2.45, 2.75) is 0 Å². The lowest BCUT2D eigenvalue weighted by Gasteiger charge is -2.19. The molecule has 3 aromatic heterocycles. The summed E-state index contributed by atoms with van der Waals surface area (Å²) < 4.78 is 17.3. The van der Waals surface area contributed by atoms with Crippen LogP contribution in [-0.2, 0) is 4.57 Å². The Bertz CT molecular complexity index is 2930. The Kier molecular flexibility index (Phi) is 6.74. The van der Waals surface area contributed by atoms with Gasteiger partial charge in [-0.3, -0.25) is 9.38 Å². The van der Waals surface area contributed by atoms with Crippen molar-refractivity contribution in [1.29, 1.82) is 0 Å². The Morgan fingerprint density at radius 1 is 0.471 bits per heavy atom. The van der Waals surface area contributed by atoms with Gasteiger partial charge in [-0.15, -0.1) is 0 Å². The smallest absolute Gasteiger partial charge is 0.188 e. The fraction of sp³-hybridized carbons (Fsp3) is 0. The molecule has 7 aromatic carbocycles. The molecule has 0 spiro atoms. The van der Waals surface area contributed by atoms with Crippen LogP contribution in [0.1, 0.15) is 0 Å². The number of imidazole rings is 1. The Morgan fingerprint density at radius 3 is 1.84 bits per heavy atom. The number of rotatable bonds is 5. The Morgan fingerprint density at radius 2 is 1.12 bits per heavy atom. The van der Waals surface area contributed by atoms with E-state index in [9.17, 15) is 4.57 Å². The van der Waals surface area contributed by atoms with E-state index in [1.807, 2.05) is 79.0 Å². The van der Waals surface area contributed by atoms with Crippen LogP contribution in [0.15, 0.2) is 182 Å². The maximum absolute atomic E-state index is 14.9. The highest BCUT2D eigenvalue weighted by Gasteiger charge is 2.31. The van der Waals surface area contributed by atoms with Crippen LogP contribution in [0.4, 0.5) is 0 Å². The van der Waals surface area contributed by atoms with Crippen molar-refractivity contribution < 1.29 is 4.57 Å². The maximum Gasteiger partial charge on any atom is 0.188 e. The summed E-state index contributed by atoms with van der Waals surface area (Å²) in [4.78, 5) is 10.2. The average molecular weight is 672 g/mol. The molecule has 0 saturated carbocycles. The van der Waals surface area contributed by atoms with Crippen LogP contribution < -0.4 is 16.0 Å². The molecule has 0 saturated heterocycles. The molecule has 0 N–H and O–H groups in total.